The Morgan fingerprint density at radius 2 is 2.03 bits per heavy atom. The second-order valence-electron chi connectivity index (χ2n) is 9.07. The second kappa shape index (κ2) is 12.0. The van der Waals surface area contributed by atoms with Crippen molar-refractivity contribution in [3.8, 4) is 10.6 Å². The molecule has 0 spiro atoms. The molecule has 0 bridgehead atoms. The van der Waals surface area contributed by atoms with Gasteiger partial charge in [-0.1, -0.05) is 16.8 Å². The van der Waals surface area contributed by atoms with Crippen LogP contribution in [0.25, 0.3) is 10.6 Å². The molecule has 1 saturated heterocycles. The normalized spacial score (nSPS) is 14.9. The minimum absolute atomic E-state index is 0.0258. The third-order valence-electron chi connectivity index (χ3n) is 6.15. The summed E-state index contributed by atoms with van der Waals surface area (Å²) < 4.78 is 7.58. The van der Waals surface area contributed by atoms with Crippen LogP contribution in [0.4, 0.5) is 0 Å². The van der Waals surface area contributed by atoms with Crippen molar-refractivity contribution >= 4 is 34.8 Å². The van der Waals surface area contributed by atoms with Crippen LogP contribution in [0.2, 0.25) is 4.34 Å². The maximum Gasteiger partial charge on any atom is 0.271 e. The van der Waals surface area contributed by atoms with Crippen LogP contribution in [0, 0.1) is 0 Å². The number of halogens is 1. The number of thiophene rings is 1. The molecular weight excluding hydrogens is 504 g/mol. The predicted octanol–water partition coefficient (Wildman–Crippen LogP) is 3.02. The molecular formula is C24H31ClN6O4S. The van der Waals surface area contributed by atoms with Crippen LogP contribution in [0.3, 0.4) is 0 Å². The van der Waals surface area contributed by atoms with Gasteiger partial charge in [0.15, 0.2) is 11.5 Å². The minimum atomic E-state index is -0.407. The first kappa shape index (κ1) is 26.3. The number of carbonyl (C=O) groups is 2. The van der Waals surface area contributed by atoms with Gasteiger partial charge in [-0.3, -0.25) is 14.3 Å². The standard InChI is InChI=1S/C24H31ClN6O4S/c1-15(2)30-9-6-16(7-10-30)27-24(34)19-13-18(23(33)26-8-3-11-32)28-31(19)14-17-12-20(35-29-17)21-4-5-22(25)36-21/h4-5,12-13,15-16,32H,3,6-11,14H2,1-2H3,(H,26,33)(H,27,34). The summed E-state index contributed by atoms with van der Waals surface area (Å²) in [5.74, 6) is -0.122. The van der Waals surface area contributed by atoms with Crippen molar-refractivity contribution < 1.29 is 19.2 Å². The first-order chi connectivity index (χ1) is 17.3. The first-order valence-corrected chi connectivity index (χ1v) is 13.3. The number of likely N-dealkylation sites (tertiary alicyclic amines) is 1. The van der Waals surface area contributed by atoms with Gasteiger partial charge in [-0.2, -0.15) is 5.10 Å². The highest BCUT2D eigenvalue weighted by atomic mass is 35.5. The van der Waals surface area contributed by atoms with E-state index in [0.717, 1.165) is 30.8 Å². The third-order valence-corrected chi connectivity index (χ3v) is 7.39. The molecule has 4 rings (SSSR count). The molecule has 0 unspecified atom stereocenters. The van der Waals surface area contributed by atoms with Crippen molar-refractivity contribution in [2.75, 3.05) is 26.2 Å². The number of nitrogens with one attached hydrogen (secondary N) is 2. The summed E-state index contributed by atoms with van der Waals surface area (Å²) in [6.07, 6.45) is 2.16. The number of aliphatic hydroxyl groups excluding tert-OH is 1. The van der Waals surface area contributed by atoms with Gasteiger partial charge in [0.25, 0.3) is 11.8 Å². The van der Waals surface area contributed by atoms with Crippen LogP contribution in [-0.2, 0) is 6.54 Å². The summed E-state index contributed by atoms with van der Waals surface area (Å²) in [7, 11) is 0. The Hall–Kier alpha value is -2.73. The van der Waals surface area contributed by atoms with Gasteiger partial charge < -0.3 is 25.2 Å². The smallest absolute Gasteiger partial charge is 0.271 e. The highest BCUT2D eigenvalue weighted by molar-refractivity contribution is 7.19. The molecule has 1 aliphatic rings. The van der Waals surface area contributed by atoms with E-state index >= 15 is 0 Å². The lowest BCUT2D eigenvalue weighted by molar-refractivity contribution is 0.0889. The van der Waals surface area contributed by atoms with E-state index in [1.165, 1.54) is 22.1 Å². The third kappa shape index (κ3) is 6.52. The molecule has 2 amide bonds. The van der Waals surface area contributed by atoms with Crippen LogP contribution in [0.1, 0.15) is 59.8 Å². The summed E-state index contributed by atoms with van der Waals surface area (Å²) in [6.45, 7) is 6.64. The minimum Gasteiger partial charge on any atom is -0.396 e. The number of nitrogens with zero attached hydrogens (tertiary/aromatic N) is 4. The van der Waals surface area contributed by atoms with Crippen LogP contribution in [0.15, 0.2) is 28.8 Å². The van der Waals surface area contributed by atoms with Crippen LogP contribution >= 0.6 is 22.9 Å². The lowest BCUT2D eigenvalue weighted by Crippen LogP contribution is -2.46. The van der Waals surface area contributed by atoms with Gasteiger partial charge in [0.05, 0.1) is 15.8 Å². The topological polar surface area (TPSA) is 126 Å². The van der Waals surface area contributed by atoms with Crippen molar-refractivity contribution in [2.24, 2.45) is 0 Å². The Morgan fingerprint density at radius 1 is 1.25 bits per heavy atom. The molecule has 12 heteroatoms. The lowest BCUT2D eigenvalue weighted by Gasteiger charge is -2.34. The SMILES string of the molecule is CC(C)N1CCC(NC(=O)c2cc(C(=O)NCCCO)nn2Cc2cc(-c3ccc(Cl)s3)on2)CC1. The number of piperidine rings is 1. The zero-order valence-corrected chi connectivity index (χ0v) is 21.9. The number of rotatable bonds is 10. The number of hydrogen-bond donors (Lipinski definition) is 3. The fraction of sp³-hybridized carbons (Fsp3) is 0.500. The zero-order valence-electron chi connectivity index (χ0n) is 20.4. The number of aromatic nitrogens is 3. The molecule has 3 aromatic rings. The van der Waals surface area contributed by atoms with Gasteiger partial charge in [-0.15, -0.1) is 11.3 Å². The number of hydrogen-bond acceptors (Lipinski definition) is 8. The predicted molar refractivity (Wildman–Crippen MR) is 137 cm³/mol. The maximum absolute atomic E-state index is 13.3. The fourth-order valence-corrected chi connectivity index (χ4v) is 5.12. The molecule has 1 aliphatic heterocycles. The largest absolute Gasteiger partial charge is 0.396 e. The number of amides is 2. The second-order valence-corrected chi connectivity index (χ2v) is 10.8. The van der Waals surface area contributed by atoms with Gasteiger partial charge in [0.1, 0.15) is 11.4 Å². The molecule has 3 aromatic heterocycles. The van der Waals surface area contributed by atoms with E-state index in [0.29, 0.717) is 34.8 Å². The summed E-state index contributed by atoms with van der Waals surface area (Å²) >= 11 is 7.41. The van der Waals surface area contributed by atoms with Gasteiger partial charge in [0.2, 0.25) is 0 Å². The molecule has 194 valence electrons. The van der Waals surface area contributed by atoms with Gasteiger partial charge in [-0.05, 0) is 45.2 Å². The van der Waals surface area contributed by atoms with Crippen LogP contribution < -0.4 is 10.6 Å². The van der Waals surface area contributed by atoms with Crippen molar-refractivity contribution in [1.82, 2.24) is 30.5 Å². The molecule has 0 saturated carbocycles. The summed E-state index contributed by atoms with van der Waals surface area (Å²) in [5, 5.41) is 23.3. The maximum atomic E-state index is 13.3. The number of carbonyl (C=O) groups excluding carboxylic acids is 2. The highest BCUT2D eigenvalue weighted by Crippen LogP contribution is 2.31. The van der Waals surface area contributed by atoms with E-state index in [9.17, 15) is 9.59 Å². The molecule has 10 nitrogen and oxygen atoms in total. The van der Waals surface area contributed by atoms with E-state index in [1.54, 1.807) is 12.1 Å². The van der Waals surface area contributed by atoms with E-state index in [4.69, 9.17) is 21.2 Å². The van der Waals surface area contributed by atoms with E-state index in [2.05, 4.69) is 39.6 Å². The molecule has 4 heterocycles. The molecule has 0 atom stereocenters. The molecule has 0 aromatic carbocycles. The quantitative estimate of drug-likeness (QED) is 0.341. The molecule has 36 heavy (non-hydrogen) atoms. The Balaban J connectivity index is 1.51. The summed E-state index contributed by atoms with van der Waals surface area (Å²) in [6, 6.07) is 7.44. The summed E-state index contributed by atoms with van der Waals surface area (Å²) in [5.41, 5.74) is 0.961. The first-order valence-electron chi connectivity index (χ1n) is 12.1. The van der Waals surface area contributed by atoms with Crippen molar-refractivity contribution in [3.63, 3.8) is 0 Å². The van der Waals surface area contributed by atoms with Gasteiger partial charge >= 0.3 is 0 Å². The van der Waals surface area contributed by atoms with Crippen LogP contribution in [-0.4, -0.2) is 75.1 Å². The molecule has 1 fully saturated rings. The highest BCUT2D eigenvalue weighted by Gasteiger charge is 2.26. The van der Waals surface area contributed by atoms with Gasteiger partial charge in [0, 0.05) is 50.5 Å². The molecule has 0 aliphatic carbocycles. The number of aliphatic hydroxyl groups is 1. The Bertz CT molecular complexity index is 1180. The molecule has 3 N–H and O–H groups in total. The van der Waals surface area contributed by atoms with E-state index in [1.807, 2.05) is 6.07 Å². The monoisotopic (exact) mass is 534 g/mol. The molecule has 0 radical (unpaired) electrons. The average molecular weight is 535 g/mol. The van der Waals surface area contributed by atoms with Crippen LogP contribution in [0.5, 0.6) is 0 Å². The van der Waals surface area contributed by atoms with Gasteiger partial charge in [-0.25, -0.2) is 0 Å². The fourth-order valence-electron chi connectivity index (χ4n) is 4.12. The Morgan fingerprint density at radius 3 is 2.69 bits per heavy atom. The Kier molecular flexibility index (Phi) is 8.78. The van der Waals surface area contributed by atoms with Crippen molar-refractivity contribution in [1.29, 1.82) is 0 Å². The Labute approximate surface area is 218 Å². The van der Waals surface area contributed by atoms with Crippen molar-refractivity contribution in [3.05, 3.63) is 45.7 Å². The van der Waals surface area contributed by atoms with E-state index in [-0.39, 0.29) is 36.5 Å². The average Bonchev–Trinajstić information content (AvgIpc) is 3.60. The lowest BCUT2D eigenvalue weighted by atomic mass is 10.0. The summed E-state index contributed by atoms with van der Waals surface area (Å²) in [4.78, 5) is 29.1. The van der Waals surface area contributed by atoms with Crippen molar-refractivity contribution in [2.45, 2.75) is 51.7 Å². The zero-order chi connectivity index (χ0) is 25.7. The van der Waals surface area contributed by atoms with E-state index < -0.39 is 5.91 Å².